The van der Waals surface area contributed by atoms with Crippen molar-refractivity contribution in [1.82, 2.24) is 0 Å². The third-order valence-corrected chi connectivity index (χ3v) is 9.15. The van der Waals surface area contributed by atoms with Gasteiger partial charge in [-0.1, -0.05) is 0 Å². The summed E-state index contributed by atoms with van der Waals surface area (Å²) in [7, 11) is -2.44. The third-order valence-electron chi connectivity index (χ3n) is 8.11. The van der Waals surface area contributed by atoms with Crippen LogP contribution in [-0.4, -0.2) is 72.5 Å². The van der Waals surface area contributed by atoms with E-state index >= 15 is 0 Å². The number of hydrogen-bond donors (Lipinski definition) is 3. The van der Waals surface area contributed by atoms with Crippen LogP contribution in [0.3, 0.4) is 0 Å². The molecule has 0 unspecified atom stereocenters. The summed E-state index contributed by atoms with van der Waals surface area (Å²) in [6.07, 6.45) is 7.28. The lowest BCUT2D eigenvalue weighted by atomic mass is 10.1. The summed E-state index contributed by atoms with van der Waals surface area (Å²) >= 11 is 0. The van der Waals surface area contributed by atoms with E-state index in [2.05, 4.69) is 14.7 Å². The molecule has 0 heterocycles. The van der Waals surface area contributed by atoms with Gasteiger partial charge >= 0.3 is 26.5 Å². The number of carboxylic acids is 3. The summed E-state index contributed by atoms with van der Waals surface area (Å²) in [4.78, 5) is 40.9. The molecule has 3 aromatic carbocycles. The fourth-order valence-corrected chi connectivity index (χ4v) is 6.42. The zero-order valence-electron chi connectivity index (χ0n) is 30.5. The van der Waals surface area contributed by atoms with Crippen LogP contribution in [0.4, 0.5) is 17.1 Å². The molecule has 3 aromatic rings. The molecule has 0 spiro atoms. The normalized spacial score (nSPS) is 11.4. The zero-order chi connectivity index (χ0) is 38.2. The van der Waals surface area contributed by atoms with Gasteiger partial charge in [0.1, 0.15) is 17.2 Å². The largest absolute Gasteiger partial charge is 0.530 e. The van der Waals surface area contributed by atoms with Gasteiger partial charge in [-0.3, -0.25) is 0 Å². The van der Waals surface area contributed by atoms with Crippen LogP contribution in [0, 0.1) is 0 Å². The Kier molecular flexibility index (Phi) is 16.1. The molecule has 3 N–H and O–H groups in total. The van der Waals surface area contributed by atoms with E-state index in [-0.39, 0.29) is 17.2 Å². The molecule has 0 aliphatic rings. The number of carboxylic acid groups (broad SMARTS) is 3. The lowest BCUT2D eigenvalue weighted by Gasteiger charge is -2.26. The summed E-state index contributed by atoms with van der Waals surface area (Å²) in [6, 6.07) is 16.2. The van der Waals surface area contributed by atoms with E-state index in [1.807, 2.05) is 59.7 Å². The fraction of sp³-hybridized carbons (Fsp3) is 0.308. The molecular formula is C39H48N3O9P. The van der Waals surface area contributed by atoms with Crippen LogP contribution in [0.5, 0.6) is 17.2 Å². The topological polar surface area (TPSA) is 149 Å². The average molecular weight is 734 g/mol. The first-order valence-electron chi connectivity index (χ1n) is 17.2. The van der Waals surface area contributed by atoms with Crippen LogP contribution in [0.25, 0.3) is 18.2 Å². The fourth-order valence-electron chi connectivity index (χ4n) is 5.36. The minimum absolute atomic E-state index is 0.276. The Labute approximate surface area is 306 Å². The summed E-state index contributed by atoms with van der Waals surface area (Å²) in [5.41, 5.74) is 3.82. The van der Waals surface area contributed by atoms with Crippen molar-refractivity contribution >= 4 is 61.8 Å². The monoisotopic (exact) mass is 733 g/mol. The Morgan fingerprint density at radius 2 is 0.750 bits per heavy atom. The Morgan fingerprint density at radius 1 is 0.500 bits per heavy atom. The highest BCUT2D eigenvalue weighted by Gasteiger charge is 2.25. The van der Waals surface area contributed by atoms with Crippen molar-refractivity contribution < 1.29 is 43.3 Å². The Balaban J connectivity index is 2.31. The molecule has 0 aliphatic heterocycles. The molecule has 0 aliphatic carbocycles. The Morgan fingerprint density at radius 3 is 0.962 bits per heavy atom. The molecular weight excluding hydrogens is 685 g/mol. The van der Waals surface area contributed by atoms with E-state index in [1.165, 1.54) is 18.2 Å². The Hall–Kier alpha value is -5.48. The van der Waals surface area contributed by atoms with Crippen molar-refractivity contribution in [3.05, 3.63) is 89.5 Å². The number of nitrogens with zero attached hydrogens (tertiary/aromatic N) is 3. The van der Waals surface area contributed by atoms with Crippen LogP contribution in [0.2, 0.25) is 0 Å². The highest BCUT2D eigenvalue weighted by atomic mass is 31.2. The molecule has 278 valence electrons. The first-order valence-corrected chi connectivity index (χ1v) is 18.3. The number of anilines is 3. The SMILES string of the molecule is CCN(CC)c1ccc(/C=C\C(=O)O)c(OP(Oc2cc(N(CC)CC)ccc2/C=C/C(=O)O)Oc2cc(N(CC)CC)ccc2/C=C/C(=O)O)c1. The molecule has 0 aromatic heterocycles. The van der Waals surface area contributed by atoms with E-state index in [0.29, 0.717) is 56.0 Å². The standard InChI is InChI=1S/C39H48N3O9P/c1-7-40(8-2)31-19-13-28(16-22-37(43)44)34(25-31)49-52(50-35-26-32(41(9-3)10-4)20-14-29(35)17-23-38(45)46)51-36-27-33(42(11-5)12-6)21-15-30(36)18-24-39(47)48/h13-27H,7-12H2,1-6H3,(H,43,44)(H,45,46)(H,47,48)/b22-16-,23-17+,24-18+. The van der Waals surface area contributed by atoms with E-state index in [1.54, 1.807) is 36.4 Å². The van der Waals surface area contributed by atoms with Gasteiger partial charge in [0.2, 0.25) is 0 Å². The summed E-state index contributed by atoms with van der Waals surface area (Å²) in [5, 5.41) is 28.3. The number of rotatable bonds is 21. The van der Waals surface area contributed by atoms with Crippen molar-refractivity contribution in [3.8, 4) is 17.2 Å². The number of hydrogen-bond acceptors (Lipinski definition) is 9. The average Bonchev–Trinajstić information content (AvgIpc) is 3.12. The smallest absolute Gasteiger partial charge is 0.478 e. The van der Waals surface area contributed by atoms with Gasteiger partial charge in [0.15, 0.2) is 0 Å². The first-order chi connectivity index (χ1) is 25.0. The number of benzene rings is 3. The predicted molar refractivity (Wildman–Crippen MR) is 209 cm³/mol. The number of carbonyl (C=O) groups is 3. The second-order valence-corrected chi connectivity index (χ2v) is 12.2. The van der Waals surface area contributed by atoms with Crippen LogP contribution in [0.15, 0.2) is 72.8 Å². The van der Waals surface area contributed by atoms with Crippen molar-refractivity contribution in [2.24, 2.45) is 0 Å². The van der Waals surface area contributed by atoms with E-state index in [4.69, 9.17) is 13.6 Å². The molecule has 52 heavy (non-hydrogen) atoms. The van der Waals surface area contributed by atoms with Gasteiger partial charge in [0, 0.05) is 109 Å². The Bertz CT molecular complexity index is 1560. The van der Waals surface area contributed by atoms with Crippen molar-refractivity contribution in [2.75, 3.05) is 54.0 Å². The van der Waals surface area contributed by atoms with E-state index < -0.39 is 26.5 Å². The van der Waals surface area contributed by atoms with Crippen LogP contribution >= 0.6 is 8.60 Å². The van der Waals surface area contributed by atoms with Crippen molar-refractivity contribution in [3.63, 3.8) is 0 Å². The highest BCUT2D eigenvalue weighted by molar-refractivity contribution is 7.43. The van der Waals surface area contributed by atoms with Gasteiger partial charge < -0.3 is 43.6 Å². The molecule has 0 fully saturated rings. The van der Waals surface area contributed by atoms with E-state index in [9.17, 15) is 29.7 Å². The summed E-state index contributed by atoms with van der Waals surface area (Å²) in [6.45, 7) is 16.3. The van der Waals surface area contributed by atoms with Crippen molar-refractivity contribution in [1.29, 1.82) is 0 Å². The molecule has 0 bridgehead atoms. The molecule has 13 heteroatoms. The second-order valence-electron chi connectivity index (χ2n) is 11.2. The highest BCUT2D eigenvalue weighted by Crippen LogP contribution is 2.47. The van der Waals surface area contributed by atoms with Crippen LogP contribution in [0.1, 0.15) is 58.2 Å². The summed E-state index contributed by atoms with van der Waals surface area (Å²) < 4.78 is 19.7. The van der Waals surface area contributed by atoms with Crippen LogP contribution in [-0.2, 0) is 14.4 Å². The lowest BCUT2D eigenvalue weighted by Crippen LogP contribution is -2.22. The molecule has 0 saturated heterocycles. The maximum atomic E-state index is 11.5. The van der Waals surface area contributed by atoms with Gasteiger partial charge in [-0.2, -0.15) is 0 Å². The maximum Gasteiger partial charge on any atom is 0.530 e. The van der Waals surface area contributed by atoms with Gasteiger partial charge in [0.05, 0.1) is 0 Å². The third kappa shape index (κ3) is 11.8. The minimum Gasteiger partial charge on any atom is -0.478 e. The molecule has 0 radical (unpaired) electrons. The van der Waals surface area contributed by atoms with E-state index in [0.717, 1.165) is 35.3 Å². The quantitative estimate of drug-likeness (QED) is 0.0714. The summed E-state index contributed by atoms with van der Waals surface area (Å²) in [5.74, 6) is -2.59. The number of aliphatic carboxylic acids is 3. The zero-order valence-corrected chi connectivity index (χ0v) is 31.4. The first kappa shape index (κ1) is 40.9. The predicted octanol–water partition coefficient (Wildman–Crippen LogP) is 8.28. The van der Waals surface area contributed by atoms with Gasteiger partial charge in [-0.05, 0) is 96.2 Å². The van der Waals surface area contributed by atoms with Gasteiger partial charge in [-0.15, -0.1) is 0 Å². The molecule has 0 saturated carbocycles. The molecule has 0 amide bonds. The lowest BCUT2D eigenvalue weighted by molar-refractivity contribution is -0.132. The minimum atomic E-state index is -2.44. The van der Waals surface area contributed by atoms with Crippen molar-refractivity contribution in [2.45, 2.75) is 41.5 Å². The van der Waals surface area contributed by atoms with Crippen LogP contribution < -0.4 is 28.3 Å². The molecule has 12 nitrogen and oxygen atoms in total. The molecule has 0 atom stereocenters. The second kappa shape index (κ2) is 20.4. The molecule has 3 rings (SSSR count). The van der Waals surface area contributed by atoms with Gasteiger partial charge in [-0.25, -0.2) is 14.4 Å². The van der Waals surface area contributed by atoms with Gasteiger partial charge in [0.25, 0.3) is 0 Å². The maximum absolute atomic E-state index is 11.5.